The highest BCUT2D eigenvalue weighted by Gasteiger charge is 2.35. The number of Topliss-reactive ketones (excluding diaryl/α,β-unsaturated/α-hetero) is 1. The first-order chi connectivity index (χ1) is 14.1. The Balaban J connectivity index is -0.0000000935. The second-order valence-electron chi connectivity index (χ2n) is 6.82. The summed E-state index contributed by atoms with van der Waals surface area (Å²) in [6.07, 6.45) is 11.5. The lowest BCUT2D eigenvalue weighted by atomic mass is 9.68. The summed E-state index contributed by atoms with van der Waals surface area (Å²) >= 11 is 0. The zero-order valence-electron chi connectivity index (χ0n) is 21.8. The molecular formula is C29H50O. The molecule has 2 rings (SSSR count). The first-order valence-electron chi connectivity index (χ1n) is 10.8. The Labute approximate surface area is 190 Å². The lowest BCUT2D eigenvalue weighted by Gasteiger charge is -2.35. The average molecular weight is 415 g/mol. The van der Waals surface area contributed by atoms with Crippen molar-refractivity contribution >= 4 is 11.4 Å². The summed E-state index contributed by atoms with van der Waals surface area (Å²) in [6.45, 7) is 33.2. The zero-order chi connectivity index (χ0) is 25.3. The second-order valence-corrected chi connectivity index (χ2v) is 6.82. The molecule has 0 spiro atoms. The number of benzene rings is 1. The molecule has 1 aromatic carbocycles. The molecule has 0 radical (unpaired) electrons. The summed E-state index contributed by atoms with van der Waals surface area (Å²) in [7, 11) is 0. The molecule has 0 N–H and O–H groups in total. The van der Waals surface area contributed by atoms with E-state index in [-0.39, 0.29) is 5.41 Å². The van der Waals surface area contributed by atoms with E-state index < -0.39 is 0 Å². The lowest BCUT2D eigenvalue weighted by molar-refractivity contribution is -0.129. The van der Waals surface area contributed by atoms with Crippen molar-refractivity contribution in [3.8, 4) is 12.8 Å². The van der Waals surface area contributed by atoms with E-state index in [0.717, 1.165) is 18.4 Å². The van der Waals surface area contributed by atoms with Gasteiger partial charge in [-0.05, 0) is 53.0 Å². The first kappa shape index (κ1) is 38.3. The van der Waals surface area contributed by atoms with Crippen molar-refractivity contribution in [3.05, 3.63) is 67.3 Å². The van der Waals surface area contributed by atoms with Crippen molar-refractivity contribution in [3.63, 3.8) is 0 Å². The molecule has 0 amide bonds. The van der Waals surface area contributed by atoms with Crippen molar-refractivity contribution in [2.45, 2.75) is 88.5 Å². The van der Waals surface area contributed by atoms with Crippen LogP contribution >= 0.6 is 0 Å². The van der Waals surface area contributed by atoms with Crippen LogP contribution in [0.1, 0.15) is 92.7 Å². The predicted octanol–water partition coefficient (Wildman–Crippen LogP) is 9.48. The van der Waals surface area contributed by atoms with Gasteiger partial charge in [0.25, 0.3) is 0 Å². The van der Waals surface area contributed by atoms with Gasteiger partial charge in [-0.3, -0.25) is 4.79 Å². The number of rotatable bonds is 2. The van der Waals surface area contributed by atoms with Crippen LogP contribution in [-0.4, -0.2) is 5.78 Å². The molecule has 0 atom stereocenters. The predicted molar refractivity (Wildman–Crippen MR) is 143 cm³/mol. The van der Waals surface area contributed by atoms with Crippen molar-refractivity contribution in [2.24, 2.45) is 5.41 Å². The van der Waals surface area contributed by atoms with E-state index in [2.05, 4.69) is 77.3 Å². The fourth-order valence-corrected chi connectivity index (χ4v) is 1.90. The van der Waals surface area contributed by atoms with Gasteiger partial charge >= 0.3 is 0 Å². The van der Waals surface area contributed by atoms with Crippen LogP contribution < -0.4 is 0 Å². The zero-order valence-corrected chi connectivity index (χ0v) is 21.8. The van der Waals surface area contributed by atoms with E-state index in [4.69, 9.17) is 0 Å². The van der Waals surface area contributed by atoms with Crippen LogP contribution in [0.3, 0.4) is 0 Å². The number of aryl methyl sites for hydroxylation is 1. The van der Waals surface area contributed by atoms with Crippen molar-refractivity contribution < 1.29 is 4.79 Å². The highest BCUT2D eigenvalue weighted by Crippen LogP contribution is 2.40. The van der Waals surface area contributed by atoms with E-state index >= 15 is 0 Å². The molecule has 0 aliphatic heterocycles. The quantitative estimate of drug-likeness (QED) is 0.348. The third-order valence-corrected chi connectivity index (χ3v) is 3.85. The van der Waals surface area contributed by atoms with E-state index in [0.29, 0.717) is 5.78 Å². The fourth-order valence-electron chi connectivity index (χ4n) is 1.90. The summed E-state index contributed by atoms with van der Waals surface area (Å²) in [5, 5.41) is 0. The van der Waals surface area contributed by atoms with Gasteiger partial charge in [0.1, 0.15) is 5.78 Å². The van der Waals surface area contributed by atoms with Crippen LogP contribution in [-0.2, 0) is 4.79 Å². The van der Waals surface area contributed by atoms with Gasteiger partial charge in [-0.25, -0.2) is 0 Å². The maximum absolute atomic E-state index is 10.7. The molecule has 1 aliphatic carbocycles. The Morgan fingerprint density at radius 2 is 1.17 bits per heavy atom. The third kappa shape index (κ3) is 23.7. The molecule has 1 saturated carbocycles. The van der Waals surface area contributed by atoms with Gasteiger partial charge in [0.15, 0.2) is 0 Å². The van der Waals surface area contributed by atoms with Gasteiger partial charge in [0.2, 0.25) is 0 Å². The van der Waals surface area contributed by atoms with E-state index in [1.54, 1.807) is 6.92 Å². The molecule has 0 unspecified atom stereocenters. The minimum Gasteiger partial charge on any atom is -0.299 e. The summed E-state index contributed by atoms with van der Waals surface area (Å²) in [4.78, 5) is 10.7. The molecule has 1 aromatic rings. The molecule has 1 heteroatoms. The third-order valence-electron chi connectivity index (χ3n) is 3.85. The lowest BCUT2D eigenvalue weighted by Crippen LogP contribution is -2.32. The highest BCUT2D eigenvalue weighted by atomic mass is 16.1. The summed E-state index contributed by atoms with van der Waals surface area (Å²) in [6, 6.07) is 8.39. The van der Waals surface area contributed by atoms with Crippen molar-refractivity contribution in [1.29, 1.82) is 0 Å². The molecule has 1 aliphatic rings. The second kappa shape index (κ2) is 26.7. The summed E-state index contributed by atoms with van der Waals surface area (Å²) in [5.74, 6) is 0.365. The number of hydrogen-bond donors (Lipinski definition) is 0. The van der Waals surface area contributed by atoms with Crippen molar-refractivity contribution in [2.75, 3.05) is 0 Å². The molecule has 1 fully saturated rings. The van der Waals surface area contributed by atoms with Gasteiger partial charge in [-0.1, -0.05) is 88.6 Å². The Morgan fingerprint density at radius 3 is 1.30 bits per heavy atom. The number of ketones is 1. The van der Waals surface area contributed by atoms with Gasteiger partial charge < -0.3 is 0 Å². The molecule has 172 valence electrons. The van der Waals surface area contributed by atoms with Crippen LogP contribution in [0.25, 0.3) is 5.57 Å². The van der Waals surface area contributed by atoms with Gasteiger partial charge in [0, 0.05) is 5.41 Å². The van der Waals surface area contributed by atoms with Crippen molar-refractivity contribution in [1.82, 2.24) is 0 Å². The largest absolute Gasteiger partial charge is 0.299 e. The van der Waals surface area contributed by atoms with Crippen LogP contribution in [0.2, 0.25) is 0 Å². The molecule has 0 heterocycles. The number of carbonyl (C=O) groups is 1. The Hall–Kier alpha value is -2.33. The number of carbonyl (C=O) groups excluding carboxylic acids is 1. The van der Waals surface area contributed by atoms with Crippen LogP contribution in [0, 0.1) is 25.2 Å². The summed E-state index contributed by atoms with van der Waals surface area (Å²) < 4.78 is 0. The minimum atomic E-state index is 0.0833. The number of hydrogen-bond acceptors (Lipinski definition) is 1. The Bertz CT molecular complexity index is 550. The summed E-state index contributed by atoms with van der Waals surface area (Å²) in [5.41, 5.74) is 4.90. The van der Waals surface area contributed by atoms with E-state index in [1.807, 2.05) is 48.5 Å². The maximum Gasteiger partial charge on any atom is 0.135 e. The molecule has 0 bridgehead atoms. The first-order valence-corrected chi connectivity index (χ1v) is 10.8. The van der Waals surface area contributed by atoms with Gasteiger partial charge in [-0.2, -0.15) is 0 Å². The maximum atomic E-state index is 10.7. The monoisotopic (exact) mass is 414 g/mol. The SMILES string of the molecule is C#C.C=C.C=C(C)C.C=C(C)c1ccc(C)cc1.CC.CC.CC(=O)C1(C)CCC1. The van der Waals surface area contributed by atoms with Crippen LogP contribution in [0.15, 0.2) is 56.2 Å². The smallest absolute Gasteiger partial charge is 0.135 e. The molecule has 1 nitrogen and oxygen atoms in total. The molecule has 0 saturated heterocycles. The normalized spacial score (nSPS) is 11.1. The van der Waals surface area contributed by atoms with Gasteiger partial charge in [0.05, 0.1) is 0 Å². The average Bonchev–Trinajstić information content (AvgIpc) is 2.72. The molecule has 30 heavy (non-hydrogen) atoms. The Morgan fingerprint density at radius 1 is 0.867 bits per heavy atom. The van der Waals surface area contributed by atoms with E-state index in [9.17, 15) is 4.79 Å². The standard InChI is InChI=1S/C10H12.C7H12O.C4H8.2C2H6.C2H4.C2H2/c1-8(2)10-6-4-9(3)5-7-10;1-6(8)7(2)4-3-5-7;1-4(2)3;4*1-2/h4-7H,1H2,2-3H3;3-5H2,1-2H3;1H2,2-3H3;2*1-2H3;1-2H2;1-2H. The molecular weight excluding hydrogens is 364 g/mol. The topological polar surface area (TPSA) is 17.1 Å². The van der Waals surface area contributed by atoms with Crippen LogP contribution in [0.4, 0.5) is 0 Å². The Kier molecular flexibility index (Phi) is 34.0. The minimum absolute atomic E-state index is 0.0833. The number of terminal acetylenes is 1. The van der Waals surface area contributed by atoms with Gasteiger partial charge in [-0.15, -0.1) is 32.6 Å². The fraction of sp³-hybridized carbons (Fsp3) is 0.483. The molecule has 0 aromatic heterocycles. The van der Waals surface area contributed by atoms with Crippen LogP contribution in [0.5, 0.6) is 0 Å². The number of allylic oxidation sites excluding steroid dienone is 2. The highest BCUT2D eigenvalue weighted by molar-refractivity contribution is 5.82. The van der Waals surface area contributed by atoms with E-state index in [1.165, 1.54) is 23.1 Å².